The molecule has 0 saturated carbocycles. The maximum absolute atomic E-state index is 10.4. The highest BCUT2D eigenvalue weighted by atomic mass is 35.5. The second kappa shape index (κ2) is 8.20. The van der Waals surface area contributed by atoms with Crippen LogP contribution >= 0.6 is 23.4 Å². The lowest BCUT2D eigenvalue weighted by atomic mass is 9.63. The lowest BCUT2D eigenvalue weighted by molar-refractivity contribution is 0.131. The fraction of sp³-hybridized carbons (Fsp3) is 0.500. The Morgan fingerprint density at radius 1 is 1.33 bits per heavy atom. The molecule has 2 fully saturated rings. The maximum atomic E-state index is 10.4. The van der Waals surface area contributed by atoms with E-state index in [1.165, 1.54) is 11.8 Å². The first-order valence-electron chi connectivity index (χ1n) is 9.53. The van der Waals surface area contributed by atoms with E-state index in [-0.39, 0.29) is 23.0 Å². The number of halogens is 1. The monoisotopic (exact) mass is 442 g/mol. The van der Waals surface area contributed by atoms with Gasteiger partial charge in [-0.2, -0.15) is 0 Å². The Bertz CT molecular complexity index is 939. The molecule has 0 aromatic carbocycles. The molecule has 1 spiro atoms. The molecule has 0 bridgehead atoms. The van der Waals surface area contributed by atoms with E-state index in [0.29, 0.717) is 47.1 Å². The summed E-state index contributed by atoms with van der Waals surface area (Å²) in [5.74, 6) is 0.673. The molecule has 4 rings (SSSR count). The van der Waals surface area contributed by atoms with Crippen molar-refractivity contribution in [3.05, 3.63) is 29.2 Å². The first kappa shape index (κ1) is 21.7. The molecule has 0 unspecified atom stereocenters. The maximum Gasteiger partial charge on any atom is 0.151 e. The van der Waals surface area contributed by atoms with Gasteiger partial charge < -0.3 is 26.2 Å². The van der Waals surface area contributed by atoms with Crippen molar-refractivity contribution in [1.82, 2.24) is 15.0 Å². The average molecular weight is 443 g/mol. The number of aromatic nitrogens is 3. The van der Waals surface area contributed by atoms with E-state index in [1.54, 1.807) is 18.5 Å². The van der Waals surface area contributed by atoms with Gasteiger partial charge in [-0.05, 0) is 18.9 Å². The summed E-state index contributed by atoms with van der Waals surface area (Å²) in [7, 11) is 11.6. The summed E-state index contributed by atoms with van der Waals surface area (Å²) in [6, 6.07) is 1.75. The van der Waals surface area contributed by atoms with Gasteiger partial charge in [0.15, 0.2) is 5.82 Å². The zero-order chi connectivity index (χ0) is 21.5. The zero-order valence-corrected chi connectivity index (χ0v) is 17.9. The number of aliphatic hydroxyl groups is 1. The third-order valence-corrected chi connectivity index (χ3v) is 7.21. The minimum atomic E-state index is -2.15. The van der Waals surface area contributed by atoms with Gasteiger partial charge in [0.25, 0.3) is 0 Å². The third-order valence-electron chi connectivity index (χ3n) is 5.74. The highest BCUT2D eigenvalue weighted by Crippen LogP contribution is 2.41. The van der Waals surface area contributed by atoms with Gasteiger partial charge in [0.1, 0.15) is 26.5 Å². The van der Waals surface area contributed by atoms with Gasteiger partial charge >= 0.3 is 0 Å². The molecule has 4 radical (unpaired) electrons. The van der Waals surface area contributed by atoms with Crippen LogP contribution in [0.2, 0.25) is 5.02 Å². The topological polar surface area (TPSA) is 123 Å². The van der Waals surface area contributed by atoms with E-state index in [9.17, 15) is 5.11 Å². The lowest BCUT2D eigenvalue weighted by Gasteiger charge is -2.42. The fourth-order valence-corrected chi connectivity index (χ4v) is 4.92. The summed E-state index contributed by atoms with van der Waals surface area (Å²) < 4.78 is 5.58. The molecule has 0 aliphatic carbocycles. The van der Waals surface area contributed by atoms with Crippen LogP contribution in [-0.4, -0.2) is 68.1 Å². The molecular formula is C18H21B2ClN6O2S. The largest absolute Gasteiger partial charge is 0.403 e. The van der Waals surface area contributed by atoms with Gasteiger partial charge in [-0.1, -0.05) is 23.4 Å². The number of anilines is 2. The molecule has 2 aliphatic heterocycles. The molecule has 1 atom stereocenters. The van der Waals surface area contributed by atoms with Gasteiger partial charge in [-0.3, -0.25) is 0 Å². The average Bonchev–Trinajstić information content (AvgIpc) is 3.05. The summed E-state index contributed by atoms with van der Waals surface area (Å²) in [4.78, 5) is 15.6. The number of nitrogen functional groups attached to an aromatic ring is 1. The summed E-state index contributed by atoms with van der Waals surface area (Å²) in [6.45, 7) is 2.64. The van der Waals surface area contributed by atoms with Crippen LogP contribution in [0, 0.1) is 5.41 Å². The van der Waals surface area contributed by atoms with Crippen LogP contribution in [-0.2, 0) is 10.1 Å². The van der Waals surface area contributed by atoms with E-state index >= 15 is 0 Å². The van der Waals surface area contributed by atoms with Crippen LogP contribution in [0.1, 0.15) is 18.5 Å². The Morgan fingerprint density at radius 2 is 2.07 bits per heavy atom. The van der Waals surface area contributed by atoms with Crippen LogP contribution < -0.4 is 16.4 Å². The first-order chi connectivity index (χ1) is 14.2. The number of ether oxygens (including phenoxy) is 1. The minimum Gasteiger partial charge on any atom is -0.403 e. The standard InChI is InChI=1S/C18H21B2ClN6O2S/c19-18(20,28)14-16(27-5-2-17(3-6-27)9-29-8-11(17)22)25-7-12(26-14)30-10-1-4-24-15(23)13(10)21/h1,4,7,11,28H,2-3,5-6,8-9,22H2,(H2,23,24)/t11-/m1/s1. The van der Waals surface area contributed by atoms with Crippen LogP contribution in [0.5, 0.6) is 0 Å². The van der Waals surface area contributed by atoms with Gasteiger partial charge in [0.05, 0.1) is 30.1 Å². The third kappa shape index (κ3) is 4.13. The second-order valence-corrected chi connectivity index (χ2v) is 9.23. The first-order valence-corrected chi connectivity index (χ1v) is 10.7. The number of nitrogens with two attached hydrogens (primary N) is 2. The Balaban J connectivity index is 1.59. The second-order valence-electron chi connectivity index (χ2n) is 7.79. The highest BCUT2D eigenvalue weighted by Gasteiger charge is 2.44. The van der Waals surface area contributed by atoms with Gasteiger partial charge in [0.2, 0.25) is 0 Å². The van der Waals surface area contributed by atoms with Crippen LogP contribution in [0.25, 0.3) is 0 Å². The molecule has 2 aromatic heterocycles. The molecule has 2 aliphatic rings. The summed E-state index contributed by atoms with van der Waals surface area (Å²) in [5.41, 5.74) is 12.1. The van der Waals surface area contributed by atoms with Crippen molar-refractivity contribution >= 4 is 50.7 Å². The number of piperidine rings is 1. The number of hydrogen-bond acceptors (Lipinski definition) is 9. The van der Waals surface area contributed by atoms with E-state index in [0.717, 1.165) is 12.8 Å². The predicted octanol–water partition coefficient (Wildman–Crippen LogP) is 0.642. The van der Waals surface area contributed by atoms with Crippen molar-refractivity contribution < 1.29 is 9.84 Å². The molecule has 4 heterocycles. The van der Waals surface area contributed by atoms with E-state index < -0.39 is 5.40 Å². The smallest absolute Gasteiger partial charge is 0.151 e. The van der Waals surface area contributed by atoms with E-state index in [2.05, 4.69) is 15.0 Å². The van der Waals surface area contributed by atoms with Gasteiger partial charge in [-0.15, -0.1) is 0 Å². The molecular weight excluding hydrogens is 421 g/mol. The van der Waals surface area contributed by atoms with E-state index in [4.69, 9.17) is 43.5 Å². The fourth-order valence-electron chi connectivity index (χ4n) is 3.90. The quantitative estimate of drug-likeness (QED) is 0.585. The summed E-state index contributed by atoms with van der Waals surface area (Å²) in [5, 5.41) is 9.00. The molecule has 0 amide bonds. The van der Waals surface area contributed by atoms with Crippen LogP contribution in [0.15, 0.2) is 28.4 Å². The Morgan fingerprint density at radius 3 is 2.70 bits per heavy atom. The minimum absolute atomic E-state index is 0.0142. The Labute approximate surface area is 186 Å². The normalized spacial score (nSPS) is 21.3. The number of pyridine rings is 1. The van der Waals surface area contributed by atoms with Crippen molar-refractivity contribution in [3.8, 4) is 0 Å². The summed E-state index contributed by atoms with van der Waals surface area (Å²) >= 11 is 7.44. The van der Waals surface area contributed by atoms with Gasteiger partial charge in [0, 0.05) is 41.0 Å². The summed E-state index contributed by atoms with van der Waals surface area (Å²) in [6.07, 6.45) is 4.85. The molecule has 5 N–H and O–H groups in total. The van der Waals surface area contributed by atoms with Crippen molar-refractivity contribution in [2.75, 3.05) is 36.9 Å². The molecule has 154 valence electrons. The van der Waals surface area contributed by atoms with Crippen LogP contribution in [0.3, 0.4) is 0 Å². The number of hydrogen-bond donors (Lipinski definition) is 3. The number of nitrogens with zero attached hydrogens (tertiary/aromatic N) is 4. The molecule has 2 aromatic rings. The van der Waals surface area contributed by atoms with Crippen molar-refractivity contribution in [2.45, 2.75) is 34.2 Å². The van der Waals surface area contributed by atoms with Gasteiger partial charge in [-0.25, -0.2) is 15.0 Å². The molecule has 12 heteroatoms. The Hall–Kier alpha value is -1.52. The van der Waals surface area contributed by atoms with Crippen molar-refractivity contribution in [2.24, 2.45) is 11.1 Å². The SMILES string of the molecule is [B]C([B])(O)c1nc(Sc2ccnc(N)c2Cl)cnc1N1CCC2(CC1)COC[C@H]2N. The van der Waals surface area contributed by atoms with Crippen molar-refractivity contribution in [3.63, 3.8) is 0 Å². The zero-order valence-electron chi connectivity index (χ0n) is 16.3. The van der Waals surface area contributed by atoms with Crippen LogP contribution in [0.4, 0.5) is 11.6 Å². The lowest BCUT2D eigenvalue weighted by Crippen LogP contribution is -2.50. The molecule has 2 saturated heterocycles. The predicted molar refractivity (Wildman–Crippen MR) is 118 cm³/mol. The number of rotatable bonds is 4. The van der Waals surface area contributed by atoms with Crippen molar-refractivity contribution in [1.29, 1.82) is 0 Å². The molecule has 30 heavy (non-hydrogen) atoms. The van der Waals surface area contributed by atoms with E-state index in [1.807, 2.05) is 4.90 Å². The highest BCUT2D eigenvalue weighted by molar-refractivity contribution is 7.99. The molecule has 8 nitrogen and oxygen atoms in total. The Kier molecular flexibility index (Phi) is 5.93.